The molecule has 0 spiro atoms. The van der Waals surface area contributed by atoms with Crippen LogP contribution in [0.2, 0.25) is 0 Å². The third-order valence-electron chi connectivity index (χ3n) is 4.32. The molecule has 25 heavy (non-hydrogen) atoms. The second kappa shape index (κ2) is 6.17. The Bertz CT molecular complexity index is 950. The first-order valence-corrected chi connectivity index (χ1v) is 8.83. The van der Waals surface area contributed by atoms with Crippen molar-refractivity contribution in [2.45, 2.75) is 32.7 Å². The van der Waals surface area contributed by atoms with Crippen LogP contribution in [0.5, 0.6) is 0 Å². The minimum absolute atomic E-state index is 0.119. The van der Waals surface area contributed by atoms with E-state index in [2.05, 4.69) is 70.6 Å². The molecule has 2 heterocycles. The van der Waals surface area contributed by atoms with Gasteiger partial charge < -0.3 is 0 Å². The van der Waals surface area contributed by atoms with Crippen LogP contribution in [-0.2, 0) is 12.0 Å². The summed E-state index contributed by atoms with van der Waals surface area (Å²) in [7, 11) is 0. The van der Waals surface area contributed by atoms with Gasteiger partial charge in [-0.15, -0.1) is 0 Å². The first-order chi connectivity index (χ1) is 11.7. The summed E-state index contributed by atoms with van der Waals surface area (Å²) < 4.78 is 2.39. The van der Waals surface area contributed by atoms with Crippen molar-refractivity contribution >= 4 is 42.8 Å². The third kappa shape index (κ3) is 3.13. The molecule has 3 rings (SSSR count). The predicted molar refractivity (Wildman–Crippen MR) is 105 cm³/mol. The summed E-state index contributed by atoms with van der Waals surface area (Å²) in [4.78, 5) is 8.43. The molecule has 0 unspecified atom stereocenters. The Hall–Kier alpha value is -2.37. The number of rotatable bonds is 3. The molecule has 0 atom stereocenters. The topological polar surface area (TPSA) is 109 Å². The van der Waals surface area contributed by atoms with Gasteiger partial charge in [0, 0.05) is 0 Å². The van der Waals surface area contributed by atoms with Crippen LogP contribution in [0.1, 0.15) is 37.5 Å². The van der Waals surface area contributed by atoms with Gasteiger partial charge in [0.05, 0.1) is 0 Å². The Kier molecular flexibility index (Phi) is 4.31. The predicted octanol–water partition coefficient (Wildman–Crippen LogP) is 1.55. The zero-order valence-electron chi connectivity index (χ0n) is 14.6. The summed E-state index contributed by atoms with van der Waals surface area (Å²) in [5.74, 6) is 0.894. The molecule has 7 heteroatoms. The van der Waals surface area contributed by atoms with E-state index >= 15 is 0 Å². The summed E-state index contributed by atoms with van der Waals surface area (Å²) in [6.45, 7) is 7.17. The van der Waals surface area contributed by atoms with E-state index < -0.39 is 0 Å². The molecule has 3 aromatic rings. The van der Waals surface area contributed by atoms with Crippen LogP contribution in [0.15, 0.2) is 30.6 Å². The number of aromatic nitrogens is 3. The van der Waals surface area contributed by atoms with Crippen LogP contribution in [0.4, 0.5) is 11.6 Å². The molecule has 2 aromatic heterocycles. The number of nitrogen functional groups attached to an aromatic ring is 2. The third-order valence-corrected chi connectivity index (χ3v) is 4.74. The van der Waals surface area contributed by atoms with E-state index in [1.807, 2.05) is 4.57 Å². The van der Waals surface area contributed by atoms with Gasteiger partial charge >= 0.3 is 155 Å². The maximum absolute atomic E-state index is 6.35. The Balaban J connectivity index is 2.09. The Labute approximate surface area is 154 Å². The van der Waals surface area contributed by atoms with Crippen molar-refractivity contribution in [3.05, 3.63) is 47.3 Å². The standard InChI is InChI=1S/C18H22N6Se/c1-18(2,3)11-6-4-10(5-7-11)8-24-15(20)13(16(21)25)12-14(19)22-9-23-17(12)24/h4-7,9H,8,20H2,1-3H3,(H2,21,25)(H2,19,22,23). The van der Waals surface area contributed by atoms with Crippen LogP contribution in [0, 0.1) is 0 Å². The average Bonchev–Trinajstić information content (AvgIpc) is 2.81. The molecule has 0 aliphatic rings. The van der Waals surface area contributed by atoms with Crippen molar-refractivity contribution in [3.8, 4) is 0 Å². The molecule has 0 aliphatic carbocycles. The molecule has 1 aromatic carbocycles. The number of hydrogen-bond donors (Lipinski definition) is 3. The van der Waals surface area contributed by atoms with E-state index in [1.54, 1.807) is 0 Å². The number of anilines is 2. The zero-order chi connectivity index (χ0) is 18.4. The van der Waals surface area contributed by atoms with Gasteiger partial charge in [-0.1, -0.05) is 0 Å². The molecule has 0 saturated heterocycles. The fourth-order valence-electron chi connectivity index (χ4n) is 2.91. The molecular formula is C18H22N6Se. The fraction of sp³-hybridized carbons (Fsp3) is 0.278. The van der Waals surface area contributed by atoms with E-state index in [-0.39, 0.29) is 5.41 Å². The average molecular weight is 401 g/mol. The van der Waals surface area contributed by atoms with Crippen LogP contribution in [-0.4, -0.2) is 34.7 Å². The number of nitrogens with two attached hydrogens (primary N) is 3. The van der Waals surface area contributed by atoms with Crippen molar-refractivity contribution in [3.63, 3.8) is 0 Å². The quantitative estimate of drug-likeness (QED) is 0.577. The van der Waals surface area contributed by atoms with E-state index in [9.17, 15) is 0 Å². The molecule has 0 aliphatic heterocycles. The summed E-state index contributed by atoms with van der Waals surface area (Å²) in [5.41, 5.74) is 22.2. The number of fused-ring (bicyclic) bond motifs is 1. The number of hydrogen-bond acceptors (Lipinski definition) is 5. The molecule has 0 amide bonds. The van der Waals surface area contributed by atoms with E-state index in [4.69, 9.17) is 17.2 Å². The zero-order valence-corrected chi connectivity index (χ0v) is 16.3. The molecule has 6 nitrogen and oxygen atoms in total. The molecular weight excluding hydrogens is 379 g/mol. The summed E-state index contributed by atoms with van der Waals surface area (Å²) in [6.07, 6.45) is 1.44. The Morgan fingerprint density at radius 1 is 1.12 bits per heavy atom. The fourth-order valence-corrected chi connectivity index (χ4v) is 3.35. The van der Waals surface area contributed by atoms with Crippen LogP contribution >= 0.6 is 0 Å². The molecule has 0 saturated carbocycles. The normalized spacial score (nSPS) is 11.8. The number of nitrogens with zero attached hydrogens (tertiary/aromatic N) is 3. The second-order valence-corrected chi connectivity index (χ2v) is 8.04. The molecule has 6 N–H and O–H groups in total. The van der Waals surface area contributed by atoms with Crippen LogP contribution in [0.25, 0.3) is 11.0 Å². The van der Waals surface area contributed by atoms with E-state index in [0.29, 0.717) is 39.3 Å². The van der Waals surface area contributed by atoms with Gasteiger partial charge in [0.25, 0.3) is 0 Å². The Morgan fingerprint density at radius 3 is 2.32 bits per heavy atom. The van der Waals surface area contributed by atoms with E-state index in [0.717, 1.165) is 5.56 Å². The van der Waals surface area contributed by atoms with Gasteiger partial charge in [-0.3, -0.25) is 0 Å². The summed E-state index contributed by atoms with van der Waals surface area (Å²) in [5, 5.41) is 0.683. The van der Waals surface area contributed by atoms with Gasteiger partial charge in [0.1, 0.15) is 0 Å². The monoisotopic (exact) mass is 402 g/mol. The SMILES string of the molecule is CC(C)(C)c1ccc(Cn2c(N)c(C(N)=[Se])c3c(N)ncnc32)cc1. The van der Waals surface area contributed by atoms with Crippen molar-refractivity contribution < 1.29 is 0 Å². The van der Waals surface area contributed by atoms with E-state index in [1.165, 1.54) is 11.9 Å². The van der Waals surface area contributed by atoms with Crippen molar-refractivity contribution in [2.75, 3.05) is 11.5 Å². The molecule has 0 fully saturated rings. The molecule has 0 radical (unpaired) electrons. The number of benzene rings is 1. The summed E-state index contributed by atoms with van der Waals surface area (Å²) >= 11 is 2.81. The van der Waals surface area contributed by atoms with Gasteiger partial charge in [-0.25, -0.2) is 0 Å². The maximum atomic E-state index is 6.35. The summed E-state index contributed by atoms with van der Waals surface area (Å²) in [6, 6.07) is 8.52. The Morgan fingerprint density at radius 2 is 1.76 bits per heavy atom. The second-order valence-electron chi connectivity index (χ2n) is 7.12. The van der Waals surface area contributed by atoms with Gasteiger partial charge in [0.2, 0.25) is 0 Å². The molecule has 130 valence electrons. The van der Waals surface area contributed by atoms with Crippen LogP contribution < -0.4 is 17.2 Å². The minimum atomic E-state index is 0.119. The van der Waals surface area contributed by atoms with Gasteiger partial charge in [0.15, 0.2) is 0 Å². The van der Waals surface area contributed by atoms with Crippen LogP contribution in [0.3, 0.4) is 0 Å². The molecule has 0 bridgehead atoms. The van der Waals surface area contributed by atoms with Gasteiger partial charge in [-0.05, 0) is 0 Å². The van der Waals surface area contributed by atoms with Gasteiger partial charge in [-0.2, -0.15) is 0 Å². The van der Waals surface area contributed by atoms with Crippen molar-refractivity contribution in [1.82, 2.24) is 14.5 Å². The first kappa shape index (κ1) is 17.5. The van der Waals surface area contributed by atoms with Crippen molar-refractivity contribution in [1.29, 1.82) is 0 Å². The van der Waals surface area contributed by atoms with Crippen molar-refractivity contribution in [2.24, 2.45) is 5.73 Å². The first-order valence-electron chi connectivity index (χ1n) is 7.97.